The number of nitrogens with zero attached hydrogens (tertiary/aromatic N) is 1. The van der Waals surface area contributed by atoms with Crippen molar-refractivity contribution in [2.45, 2.75) is 4.90 Å². The van der Waals surface area contributed by atoms with Gasteiger partial charge in [-0.25, -0.2) is 8.42 Å². The fourth-order valence-electron chi connectivity index (χ4n) is 1.38. The van der Waals surface area contributed by atoms with Crippen molar-refractivity contribution in [1.82, 2.24) is 4.98 Å². The van der Waals surface area contributed by atoms with E-state index in [9.17, 15) is 8.42 Å². The molecular weight excluding hydrogens is 252 g/mol. The summed E-state index contributed by atoms with van der Waals surface area (Å²) >= 11 is 0. The van der Waals surface area contributed by atoms with Gasteiger partial charge in [-0.15, -0.1) is 0 Å². The Bertz CT molecular complexity index is 651. The second kappa shape index (κ2) is 4.66. The summed E-state index contributed by atoms with van der Waals surface area (Å²) in [6.45, 7) is 0. The molecule has 18 heavy (non-hydrogen) atoms. The van der Waals surface area contributed by atoms with Gasteiger partial charge in [-0.1, -0.05) is 0 Å². The number of hydrogen-bond acceptors (Lipinski definition) is 5. The quantitative estimate of drug-likeness (QED) is 0.915. The van der Waals surface area contributed by atoms with Gasteiger partial charge < -0.3 is 10.5 Å². The average Bonchev–Trinajstić information content (AvgIpc) is 2.28. The lowest BCUT2D eigenvalue weighted by Gasteiger charge is -2.06. The number of nitrogen functional groups attached to an aromatic ring is 1. The van der Waals surface area contributed by atoms with Crippen LogP contribution in [0.3, 0.4) is 0 Å². The number of sulfone groups is 1. The molecule has 0 aliphatic heterocycles. The van der Waals surface area contributed by atoms with Gasteiger partial charge in [0.05, 0.1) is 23.0 Å². The average molecular weight is 264 g/mol. The van der Waals surface area contributed by atoms with Crippen molar-refractivity contribution in [3.63, 3.8) is 0 Å². The highest BCUT2D eigenvalue weighted by atomic mass is 32.2. The normalized spacial score (nSPS) is 11.2. The maximum absolute atomic E-state index is 11.3. The van der Waals surface area contributed by atoms with Gasteiger partial charge >= 0.3 is 0 Å². The predicted molar refractivity (Wildman–Crippen MR) is 68.3 cm³/mol. The summed E-state index contributed by atoms with van der Waals surface area (Å²) < 4.78 is 28.0. The molecule has 0 bridgehead atoms. The first kappa shape index (κ1) is 12.4. The van der Waals surface area contributed by atoms with E-state index in [1.807, 2.05) is 0 Å². The van der Waals surface area contributed by atoms with Gasteiger partial charge in [-0.2, -0.15) is 0 Å². The molecule has 0 aliphatic rings. The Morgan fingerprint density at radius 1 is 1.11 bits per heavy atom. The van der Waals surface area contributed by atoms with Gasteiger partial charge in [0.25, 0.3) is 0 Å². The minimum Gasteiger partial charge on any atom is -0.456 e. The lowest BCUT2D eigenvalue weighted by Crippen LogP contribution is -1.96. The van der Waals surface area contributed by atoms with E-state index in [0.717, 1.165) is 6.26 Å². The van der Waals surface area contributed by atoms with E-state index in [4.69, 9.17) is 10.5 Å². The minimum atomic E-state index is -3.19. The summed E-state index contributed by atoms with van der Waals surface area (Å²) in [6, 6.07) is 7.78. The second-order valence-corrected chi connectivity index (χ2v) is 5.82. The summed E-state index contributed by atoms with van der Waals surface area (Å²) in [6.07, 6.45) is 4.20. The molecule has 2 rings (SSSR count). The molecule has 1 aromatic carbocycles. The van der Waals surface area contributed by atoms with E-state index in [2.05, 4.69) is 4.98 Å². The maximum Gasteiger partial charge on any atom is 0.175 e. The number of pyridine rings is 1. The van der Waals surface area contributed by atoms with Crippen LogP contribution in [0, 0.1) is 0 Å². The van der Waals surface area contributed by atoms with E-state index < -0.39 is 9.84 Å². The molecule has 0 unspecified atom stereocenters. The van der Waals surface area contributed by atoms with Crippen LogP contribution in [-0.4, -0.2) is 19.7 Å². The molecule has 0 amide bonds. The number of benzene rings is 1. The number of hydrogen-bond donors (Lipinski definition) is 1. The number of anilines is 1. The molecule has 2 aromatic rings. The minimum absolute atomic E-state index is 0.251. The molecule has 1 aromatic heterocycles. The molecule has 0 atom stereocenters. The van der Waals surface area contributed by atoms with Gasteiger partial charge in [0, 0.05) is 12.3 Å². The summed E-state index contributed by atoms with van der Waals surface area (Å²) in [5, 5.41) is 0. The van der Waals surface area contributed by atoms with Gasteiger partial charge in [0.15, 0.2) is 9.84 Å². The van der Waals surface area contributed by atoms with Crippen LogP contribution in [0.15, 0.2) is 47.6 Å². The summed E-state index contributed by atoms with van der Waals surface area (Å²) in [7, 11) is -3.19. The monoisotopic (exact) mass is 264 g/mol. The van der Waals surface area contributed by atoms with Gasteiger partial charge in [0.1, 0.15) is 11.5 Å². The first-order valence-corrected chi connectivity index (χ1v) is 7.03. The second-order valence-electron chi connectivity index (χ2n) is 3.80. The van der Waals surface area contributed by atoms with Crippen LogP contribution in [0.5, 0.6) is 11.5 Å². The third kappa shape index (κ3) is 2.98. The molecule has 0 saturated heterocycles. The maximum atomic E-state index is 11.3. The van der Waals surface area contributed by atoms with E-state index >= 15 is 0 Å². The molecule has 0 radical (unpaired) electrons. The van der Waals surface area contributed by atoms with Crippen molar-refractivity contribution in [2.24, 2.45) is 0 Å². The standard InChI is InChI=1S/C12H12N2O3S/c1-18(15,16)12-4-2-10(3-5-12)17-11-6-9(13)7-14-8-11/h2-8H,13H2,1H3. The smallest absolute Gasteiger partial charge is 0.175 e. The predicted octanol–water partition coefficient (Wildman–Crippen LogP) is 1.86. The van der Waals surface area contributed by atoms with Gasteiger partial charge in [-0.3, -0.25) is 4.98 Å². The highest BCUT2D eigenvalue weighted by Gasteiger charge is 2.06. The zero-order valence-corrected chi connectivity index (χ0v) is 10.5. The van der Waals surface area contributed by atoms with Crippen LogP contribution in [0.1, 0.15) is 0 Å². The Balaban J connectivity index is 2.21. The largest absolute Gasteiger partial charge is 0.456 e. The van der Waals surface area contributed by atoms with E-state index in [0.29, 0.717) is 17.2 Å². The third-order valence-electron chi connectivity index (χ3n) is 2.22. The molecule has 2 N–H and O–H groups in total. The molecule has 94 valence electrons. The molecule has 0 aliphatic carbocycles. The lowest BCUT2D eigenvalue weighted by molar-refractivity contribution is 0.480. The molecule has 0 fully saturated rings. The molecule has 1 heterocycles. The van der Waals surface area contributed by atoms with Crippen molar-refractivity contribution in [3.05, 3.63) is 42.7 Å². The molecule has 6 heteroatoms. The SMILES string of the molecule is CS(=O)(=O)c1ccc(Oc2cncc(N)c2)cc1. The number of ether oxygens (including phenoxy) is 1. The number of aromatic nitrogens is 1. The zero-order chi connectivity index (χ0) is 13.2. The molecule has 5 nitrogen and oxygen atoms in total. The third-order valence-corrected chi connectivity index (χ3v) is 3.35. The van der Waals surface area contributed by atoms with Crippen molar-refractivity contribution < 1.29 is 13.2 Å². The van der Waals surface area contributed by atoms with E-state index in [1.54, 1.807) is 18.2 Å². The highest BCUT2D eigenvalue weighted by Crippen LogP contribution is 2.23. The zero-order valence-electron chi connectivity index (χ0n) is 9.70. The Morgan fingerprint density at radius 2 is 1.78 bits per heavy atom. The number of nitrogens with two attached hydrogens (primary N) is 1. The van der Waals surface area contributed by atoms with Gasteiger partial charge in [-0.05, 0) is 24.3 Å². The Morgan fingerprint density at radius 3 is 2.33 bits per heavy atom. The fourth-order valence-corrected chi connectivity index (χ4v) is 2.01. The Hall–Kier alpha value is -2.08. The van der Waals surface area contributed by atoms with Crippen LogP contribution in [0.25, 0.3) is 0 Å². The van der Waals surface area contributed by atoms with Crippen LogP contribution >= 0.6 is 0 Å². The summed E-state index contributed by atoms with van der Waals surface area (Å²) in [5.41, 5.74) is 6.07. The van der Waals surface area contributed by atoms with Crippen molar-refractivity contribution in [3.8, 4) is 11.5 Å². The van der Waals surface area contributed by atoms with E-state index in [-0.39, 0.29) is 4.90 Å². The first-order chi connectivity index (χ1) is 8.45. The Labute approximate surface area is 105 Å². The first-order valence-electron chi connectivity index (χ1n) is 5.14. The molecule has 0 saturated carbocycles. The fraction of sp³-hybridized carbons (Fsp3) is 0.0833. The van der Waals surface area contributed by atoms with Crippen LogP contribution in [0.2, 0.25) is 0 Å². The van der Waals surface area contributed by atoms with Crippen LogP contribution in [0.4, 0.5) is 5.69 Å². The highest BCUT2D eigenvalue weighted by molar-refractivity contribution is 7.90. The molecule has 0 spiro atoms. The van der Waals surface area contributed by atoms with E-state index in [1.165, 1.54) is 24.5 Å². The Kier molecular flexibility index (Phi) is 3.20. The molecular formula is C12H12N2O3S. The van der Waals surface area contributed by atoms with Crippen LogP contribution in [-0.2, 0) is 9.84 Å². The lowest BCUT2D eigenvalue weighted by atomic mass is 10.3. The van der Waals surface area contributed by atoms with Crippen molar-refractivity contribution in [2.75, 3.05) is 12.0 Å². The van der Waals surface area contributed by atoms with Crippen molar-refractivity contribution >= 4 is 15.5 Å². The van der Waals surface area contributed by atoms with Crippen molar-refractivity contribution in [1.29, 1.82) is 0 Å². The number of rotatable bonds is 3. The van der Waals surface area contributed by atoms with Gasteiger partial charge in [0.2, 0.25) is 0 Å². The summed E-state index contributed by atoms with van der Waals surface area (Å²) in [4.78, 5) is 4.14. The summed E-state index contributed by atoms with van der Waals surface area (Å²) in [5.74, 6) is 1.02. The van der Waals surface area contributed by atoms with Crippen LogP contribution < -0.4 is 10.5 Å². The topological polar surface area (TPSA) is 82.3 Å².